The summed E-state index contributed by atoms with van der Waals surface area (Å²) in [5.74, 6) is 0.755. The monoisotopic (exact) mass is 279 g/mol. The number of rotatable bonds is 4. The van der Waals surface area contributed by atoms with Crippen molar-refractivity contribution in [1.82, 2.24) is 4.90 Å². The van der Waals surface area contributed by atoms with Crippen LogP contribution in [0.2, 0.25) is 0 Å². The first-order valence-electron chi connectivity index (χ1n) is 6.82. The normalized spacial score (nSPS) is 15.9. The van der Waals surface area contributed by atoms with E-state index in [0.29, 0.717) is 17.2 Å². The van der Waals surface area contributed by atoms with Crippen LogP contribution >= 0.6 is 0 Å². The van der Waals surface area contributed by atoms with Gasteiger partial charge in [0.05, 0.1) is 7.11 Å². The van der Waals surface area contributed by atoms with E-state index in [4.69, 9.17) is 9.47 Å². The molecule has 0 bridgehead atoms. The Morgan fingerprint density at radius 2 is 2.15 bits per heavy atom. The van der Waals surface area contributed by atoms with Crippen LogP contribution in [0.25, 0.3) is 0 Å². The van der Waals surface area contributed by atoms with Crippen molar-refractivity contribution in [1.29, 1.82) is 0 Å². The maximum Gasteiger partial charge on any atom is 0.253 e. The highest BCUT2D eigenvalue weighted by Gasteiger charge is 2.20. The second-order valence-corrected chi connectivity index (χ2v) is 5.13. The van der Waals surface area contributed by atoms with Gasteiger partial charge in [-0.15, -0.1) is 0 Å². The van der Waals surface area contributed by atoms with Crippen molar-refractivity contribution >= 4 is 5.91 Å². The maximum absolute atomic E-state index is 12.3. The first kappa shape index (κ1) is 14.7. The Morgan fingerprint density at radius 3 is 2.75 bits per heavy atom. The number of aromatic hydroxyl groups is 1. The summed E-state index contributed by atoms with van der Waals surface area (Å²) < 4.78 is 10.3. The topological polar surface area (TPSA) is 59.0 Å². The fraction of sp³-hybridized carbons (Fsp3) is 0.533. The molecular formula is C15H21NO4. The van der Waals surface area contributed by atoms with Crippen molar-refractivity contribution in [2.24, 2.45) is 5.92 Å². The minimum Gasteiger partial charge on any atom is -0.504 e. The molecule has 1 aromatic rings. The Hall–Kier alpha value is -1.75. The molecule has 1 amide bonds. The van der Waals surface area contributed by atoms with Gasteiger partial charge in [0.2, 0.25) is 0 Å². The quantitative estimate of drug-likeness (QED) is 0.914. The molecule has 0 radical (unpaired) electrons. The number of benzene rings is 1. The number of phenolic OH excluding ortho intramolecular Hbond substituents is 1. The Bertz CT molecular complexity index is 469. The van der Waals surface area contributed by atoms with E-state index in [1.807, 2.05) is 0 Å². The lowest BCUT2D eigenvalue weighted by molar-refractivity contribution is 0.0497. The third-order valence-corrected chi connectivity index (χ3v) is 3.65. The van der Waals surface area contributed by atoms with Crippen LogP contribution in [-0.4, -0.2) is 49.8 Å². The van der Waals surface area contributed by atoms with Gasteiger partial charge in [0, 0.05) is 32.4 Å². The molecule has 20 heavy (non-hydrogen) atoms. The average molecular weight is 279 g/mol. The van der Waals surface area contributed by atoms with E-state index >= 15 is 0 Å². The second kappa shape index (κ2) is 6.61. The van der Waals surface area contributed by atoms with Gasteiger partial charge in [-0.25, -0.2) is 0 Å². The zero-order valence-corrected chi connectivity index (χ0v) is 12.0. The molecule has 5 nitrogen and oxygen atoms in total. The van der Waals surface area contributed by atoms with Crippen LogP contribution in [0.3, 0.4) is 0 Å². The third-order valence-electron chi connectivity index (χ3n) is 3.65. The summed E-state index contributed by atoms with van der Waals surface area (Å²) in [6.45, 7) is 2.26. The van der Waals surface area contributed by atoms with E-state index < -0.39 is 0 Å². The van der Waals surface area contributed by atoms with Crippen LogP contribution in [0, 0.1) is 5.92 Å². The smallest absolute Gasteiger partial charge is 0.253 e. The van der Waals surface area contributed by atoms with E-state index in [-0.39, 0.29) is 11.7 Å². The standard InChI is InChI=1S/C15H21NO4/c1-16(10-11-5-7-20-8-6-11)15(18)12-3-4-14(19-2)13(17)9-12/h3-4,9,11,17H,5-8,10H2,1-2H3. The van der Waals surface area contributed by atoms with Crippen molar-refractivity contribution in [3.63, 3.8) is 0 Å². The predicted octanol–water partition coefficient (Wildman–Crippen LogP) is 1.90. The summed E-state index contributed by atoms with van der Waals surface area (Å²) in [6, 6.07) is 4.72. The SMILES string of the molecule is COc1ccc(C(=O)N(C)CC2CCOCC2)cc1O. The molecule has 1 aliphatic heterocycles. The number of carbonyl (C=O) groups is 1. The number of hydrogen-bond donors (Lipinski definition) is 1. The highest BCUT2D eigenvalue weighted by atomic mass is 16.5. The van der Waals surface area contributed by atoms with Gasteiger partial charge in [0.15, 0.2) is 11.5 Å². The van der Waals surface area contributed by atoms with Gasteiger partial charge < -0.3 is 19.5 Å². The number of methoxy groups -OCH3 is 1. The van der Waals surface area contributed by atoms with Gasteiger partial charge in [0.25, 0.3) is 5.91 Å². The van der Waals surface area contributed by atoms with Crippen molar-refractivity contribution in [3.8, 4) is 11.5 Å². The van der Waals surface area contributed by atoms with Gasteiger partial charge in [-0.3, -0.25) is 4.79 Å². The van der Waals surface area contributed by atoms with E-state index in [9.17, 15) is 9.90 Å². The van der Waals surface area contributed by atoms with Crippen LogP contribution < -0.4 is 4.74 Å². The van der Waals surface area contributed by atoms with Gasteiger partial charge in [-0.2, -0.15) is 0 Å². The van der Waals surface area contributed by atoms with Crippen molar-refractivity contribution < 1.29 is 19.4 Å². The van der Waals surface area contributed by atoms with Gasteiger partial charge in [-0.05, 0) is 37.0 Å². The summed E-state index contributed by atoms with van der Waals surface area (Å²) in [7, 11) is 3.27. The molecule has 0 aromatic heterocycles. The van der Waals surface area contributed by atoms with E-state index in [1.165, 1.54) is 13.2 Å². The van der Waals surface area contributed by atoms with Crippen LogP contribution in [0.1, 0.15) is 23.2 Å². The van der Waals surface area contributed by atoms with Crippen molar-refractivity contribution in [2.45, 2.75) is 12.8 Å². The van der Waals surface area contributed by atoms with E-state index in [1.54, 1.807) is 24.1 Å². The molecule has 1 fully saturated rings. The van der Waals surface area contributed by atoms with Gasteiger partial charge in [0.1, 0.15) is 0 Å². The minimum atomic E-state index is -0.0885. The fourth-order valence-corrected chi connectivity index (χ4v) is 2.44. The Labute approximate surface area is 119 Å². The molecule has 1 N–H and O–H groups in total. The lowest BCUT2D eigenvalue weighted by Gasteiger charge is -2.27. The Kier molecular flexibility index (Phi) is 4.84. The minimum absolute atomic E-state index is 0.0159. The summed E-state index contributed by atoms with van der Waals surface area (Å²) in [5.41, 5.74) is 0.470. The Morgan fingerprint density at radius 1 is 1.45 bits per heavy atom. The number of carbonyl (C=O) groups excluding carboxylic acids is 1. The number of nitrogens with zero attached hydrogens (tertiary/aromatic N) is 1. The van der Waals surface area contributed by atoms with Crippen LogP contribution in [-0.2, 0) is 4.74 Å². The molecule has 1 heterocycles. The summed E-state index contributed by atoms with van der Waals surface area (Å²) in [4.78, 5) is 14.0. The molecule has 0 saturated carbocycles. The van der Waals surface area contributed by atoms with Gasteiger partial charge in [-0.1, -0.05) is 0 Å². The summed E-state index contributed by atoms with van der Waals surface area (Å²) in [6.07, 6.45) is 1.98. The highest BCUT2D eigenvalue weighted by molar-refractivity contribution is 5.94. The molecule has 0 unspecified atom stereocenters. The fourth-order valence-electron chi connectivity index (χ4n) is 2.44. The lowest BCUT2D eigenvalue weighted by Crippen LogP contribution is -2.34. The predicted molar refractivity (Wildman–Crippen MR) is 75.2 cm³/mol. The van der Waals surface area contributed by atoms with Crippen molar-refractivity contribution in [2.75, 3.05) is 33.9 Å². The molecule has 110 valence electrons. The van der Waals surface area contributed by atoms with Crippen molar-refractivity contribution in [3.05, 3.63) is 23.8 Å². The molecule has 2 rings (SSSR count). The zero-order chi connectivity index (χ0) is 14.5. The average Bonchev–Trinajstić information content (AvgIpc) is 2.47. The molecule has 0 aliphatic carbocycles. The Balaban J connectivity index is 2.00. The maximum atomic E-state index is 12.3. The highest BCUT2D eigenvalue weighted by Crippen LogP contribution is 2.27. The second-order valence-electron chi connectivity index (χ2n) is 5.13. The lowest BCUT2D eigenvalue weighted by atomic mass is 9.99. The van der Waals surface area contributed by atoms with Crippen LogP contribution in [0.15, 0.2) is 18.2 Å². The molecule has 1 saturated heterocycles. The third kappa shape index (κ3) is 3.42. The summed E-state index contributed by atoms with van der Waals surface area (Å²) >= 11 is 0. The zero-order valence-electron chi connectivity index (χ0n) is 12.0. The van der Waals surface area contributed by atoms with E-state index in [0.717, 1.165) is 32.6 Å². The first-order chi connectivity index (χ1) is 9.61. The molecular weight excluding hydrogens is 258 g/mol. The van der Waals surface area contributed by atoms with E-state index in [2.05, 4.69) is 0 Å². The molecule has 5 heteroatoms. The number of amides is 1. The molecule has 1 aromatic carbocycles. The number of phenols is 1. The van der Waals surface area contributed by atoms with Gasteiger partial charge >= 0.3 is 0 Å². The first-order valence-corrected chi connectivity index (χ1v) is 6.82. The molecule has 0 atom stereocenters. The van der Waals surface area contributed by atoms with Crippen LogP contribution in [0.4, 0.5) is 0 Å². The largest absolute Gasteiger partial charge is 0.504 e. The number of hydrogen-bond acceptors (Lipinski definition) is 4. The molecule has 1 aliphatic rings. The summed E-state index contributed by atoms with van der Waals surface area (Å²) in [5, 5.41) is 9.73. The van der Waals surface area contributed by atoms with Crippen LogP contribution in [0.5, 0.6) is 11.5 Å². The molecule has 0 spiro atoms. The number of ether oxygens (including phenoxy) is 2.